The number of thiocarbonyl (C=S) groups is 1. The number of ether oxygens (including phenoxy) is 1. The molecule has 0 aliphatic heterocycles. The van der Waals surface area contributed by atoms with Crippen molar-refractivity contribution in [2.75, 3.05) is 10.6 Å². The highest BCUT2D eigenvalue weighted by molar-refractivity contribution is 7.80. The molecule has 0 fully saturated rings. The molecule has 0 aliphatic carbocycles. The van der Waals surface area contributed by atoms with Crippen LogP contribution in [0.5, 0.6) is 11.5 Å². The van der Waals surface area contributed by atoms with Gasteiger partial charge >= 0.3 is 0 Å². The molecule has 6 nitrogen and oxygen atoms in total. The smallest absolute Gasteiger partial charge is 0.289 e. The van der Waals surface area contributed by atoms with Gasteiger partial charge in [0, 0.05) is 17.4 Å². The van der Waals surface area contributed by atoms with E-state index >= 15 is 0 Å². The summed E-state index contributed by atoms with van der Waals surface area (Å²) in [5.74, 6) is 1.44. The van der Waals surface area contributed by atoms with Crippen molar-refractivity contribution < 1.29 is 9.66 Å². The van der Waals surface area contributed by atoms with Gasteiger partial charge in [0.25, 0.3) is 5.69 Å². The molecule has 0 saturated heterocycles. The van der Waals surface area contributed by atoms with Crippen LogP contribution in [0.15, 0.2) is 72.8 Å². The number of hydrogen-bond donors (Lipinski definition) is 2. The first-order valence-electron chi connectivity index (χ1n) is 7.86. The van der Waals surface area contributed by atoms with Gasteiger partial charge in [0.1, 0.15) is 16.5 Å². The van der Waals surface area contributed by atoms with Gasteiger partial charge in [-0.1, -0.05) is 29.8 Å². The highest BCUT2D eigenvalue weighted by Crippen LogP contribution is 2.27. The summed E-state index contributed by atoms with van der Waals surface area (Å²) in [4.78, 5) is 10.4. The van der Waals surface area contributed by atoms with Crippen LogP contribution < -0.4 is 15.4 Å². The topological polar surface area (TPSA) is 76.4 Å². The lowest BCUT2D eigenvalue weighted by Crippen LogP contribution is -2.19. The molecule has 27 heavy (non-hydrogen) atoms. The number of nitro groups is 1. The maximum absolute atomic E-state index is 10.9. The van der Waals surface area contributed by atoms with Gasteiger partial charge in [-0.25, -0.2) is 0 Å². The second-order valence-corrected chi connectivity index (χ2v) is 6.26. The minimum atomic E-state index is -0.546. The Hall–Kier alpha value is -3.16. The van der Waals surface area contributed by atoms with Crippen molar-refractivity contribution in [3.8, 4) is 11.5 Å². The summed E-state index contributed by atoms with van der Waals surface area (Å²) < 4.78 is 5.73. The lowest BCUT2D eigenvalue weighted by Gasteiger charge is -2.11. The number of nitro benzene ring substituents is 1. The average molecular weight is 400 g/mol. The second kappa shape index (κ2) is 8.48. The third-order valence-electron chi connectivity index (χ3n) is 3.49. The molecule has 0 amide bonds. The SMILES string of the molecule is O=[N+]([O-])c1cc(NC(=S)Nc2ccc(Oc3ccccc3)cc2)ccc1Cl. The molecular weight excluding hydrogens is 386 g/mol. The lowest BCUT2D eigenvalue weighted by atomic mass is 10.3. The van der Waals surface area contributed by atoms with E-state index in [-0.39, 0.29) is 10.7 Å². The summed E-state index contributed by atoms with van der Waals surface area (Å²) in [6, 6.07) is 21.1. The number of nitrogens with one attached hydrogen (secondary N) is 2. The van der Waals surface area contributed by atoms with Gasteiger partial charge in [-0.2, -0.15) is 0 Å². The van der Waals surface area contributed by atoms with E-state index in [9.17, 15) is 10.1 Å². The van der Waals surface area contributed by atoms with Crippen LogP contribution in [0.25, 0.3) is 0 Å². The third-order valence-corrected chi connectivity index (χ3v) is 4.02. The molecule has 3 aromatic carbocycles. The Morgan fingerprint density at radius 3 is 2.19 bits per heavy atom. The molecule has 0 radical (unpaired) electrons. The number of halogens is 1. The van der Waals surface area contributed by atoms with E-state index < -0.39 is 4.92 Å². The molecule has 0 atom stereocenters. The third kappa shape index (κ3) is 5.16. The van der Waals surface area contributed by atoms with Crippen LogP contribution in [-0.2, 0) is 0 Å². The van der Waals surface area contributed by atoms with Crippen molar-refractivity contribution in [2.24, 2.45) is 0 Å². The predicted octanol–water partition coefficient (Wildman–Crippen LogP) is 5.85. The molecule has 0 bridgehead atoms. The Morgan fingerprint density at radius 1 is 0.926 bits per heavy atom. The largest absolute Gasteiger partial charge is 0.457 e. The molecule has 0 saturated carbocycles. The fraction of sp³-hybridized carbons (Fsp3) is 0. The van der Waals surface area contributed by atoms with Gasteiger partial charge in [0.2, 0.25) is 0 Å². The number of nitrogens with zero attached hydrogens (tertiary/aromatic N) is 1. The van der Waals surface area contributed by atoms with Crippen molar-refractivity contribution in [3.63, 3.8) is 0 Å². The fourth-order valence-electron chi connectivity index (χ4n) is 2.25. The minimum Gasteiger partial charge on any atom is -0.457 e. The average Bonchev–Trinajstić information content (AvgIpc) is 2.65. The van der Waals surface area contributed by atoms with Gasteiger partial charge in [0.15, 0.2) is 5.11 Å². The molecular formula is C19H14ClN3O3S. The fourth-order valence-corrected chi connectivity index (χ4v) is 2.68. The van der Waals surface area contributed by atoms with Crippen LogP contribution in [0.4, 0.5) is 17.1 Å². The van der Waals surface area contributed by atoms with Gasteiger partial charge in [-0.05, 0) is 60.7 Å². The summed E-state index contributed by atoms with van der Waals surface area (Å²) in [5, 5.41) is 17.2. The van der Waals surface area contributed by atoms with E-state index in [4.69, 9.17) is 28.6 Å². The van der Waals surface area contributed by atoms with Crippen LogP contribution in [-0.4, -0.2) is 10.0 Å². The van der Waals surface area contributed by atoms with E-state index in [1.165, 1.54) is 12.1 Å². The minimum absolute atomic E-state index is 0.0680. The van der Waals surface area contributed by atoms with Crippen molar-refractivity contribution >= 4 is 46.0 Å². The van der Waals surface area contributed by atoms with E-state index in [0.717, 1.165) is 11.4 Å². The number of hydrogen-bond acceptors (Lipinski definition) is 4. The zero-order valence-electron chi connectivity index (χ0n) is 13.9. The first-order valence-corrected chi connectivity index (χ1v) is 8.65. The maximum Gasteiger partial charge on any atom is 0.289 e. The summed E-state index contributed by atoms with van der Waals surface area (Å²) >= 11 is 11.0. The quantitative estimate of drug-likeness (QED) is 0.318. The maximum atomic E-state index is 10.9. The first-order chi connectivity index (χ1) is 13.0. The standard InChI is InChI=1S/C19H14ClN3O3S/c20-17-11-8-14(12-18(17)23(24)25)22-19(27)21-13-6-9-16(10-7-13)26-15-4-2-1-3-5-15/h1-12H,(H2,21,22,27). The van der Waals surface area contributed by atoms with Gasteiger partial charge in [-0.15, -0.1) is 0 Å². The number of para-hydroxylation sites is 1. The number of rotatable bonds is 5. The number of anilines is 2. The van der Waals surface area contributed by atoms with E-state index in [0.29, 0.717) is 16.5 Å². The highest BCUT2D eigenvalue weighted by atomic mass is 35.5. The molecule has 0 spiro atoms. The molecule has 3 aromatic rings. The monoisotopic (exact) mass is 399 g/mol. The molecule has 3 rings (SSSR count). The lowest BCUT2D eigenvalue weighted by molar-refractivity contribution is -0.384. The highest BCUT2D eigenvalue weighted by Gasteiger charge is 2.13. The van der Waals surface area contributed by atoms with Crippen LogP contribution in [0, 0.1) is 10.1 Å². The Morgan fingerprint density at radius 2 is 1.52 bits per heavy atom. The van der Waals surface area contributed by atoms with E-state index in [1.54, 1.807) is 6.07 Å². The second-order valence-electron chi connectivity index (χ2n) is 5.44. The van der Waals surface area contributed by atoms with Crippen molar-refractivity contribution in [1.82, 2.24) is 0 Å². The van der Waals surface area contributed by atoms with E-state index in [2.05, 4.69) is 10.6 Å². The molecule has 0 heterocycles. The Labute approximate surface area is 165 Å². The Balaban J connectivity index is 1.61. The zero-order valence-corrected chi connectivity index (χ0v) is 15.5. The molecule has 0 unspecified atom stereocenters. The van der Waals surface area contributed by atoms with Crippen LogP contribution in [0.3, 0.4) is 0 Å². The van der Waals surface area contributed by atoms with Crippen LogP contribution in [0.1, 0.15) is 0 Å². The summed E-state index contributed by atoms with van der Waals surface area (Å²) in [7, 11) is 0. The summed E-state index contributed by atoms with van der Waals surface area (Å²) in [6.45, 7) is 0. The predicted molar refractivity (Wildman–Crippen MR) is 111 cm³/mol. The molecule has 136 valence electrons. The van der Waals surface area contributed by atoms with Crippen molar-refractivity contribution in [2.45, 2.75) is 0 Å². The Kier molecular flexibility index (Phi) is 5.85. The molecule has 0 aromatic heterocycles. The molecule has 0 aliphatic rings. The van der Waals surface area contributed by atoms with Crippen LogP contribution in [0.2, 0.25) is 5.02 Å². The van der Waals surface area contributed by atoms with Crippen LogP contribution >= 0.6 is 23.8 Å². The summed E-state index contributed by atoms with van der Waals surface area (Å²) in [5.41, 5.74) is 1.02. The molecule has 8 heteroatoms. The van der Waals surface area contributed by atoms with Gasteiger partial charge in [-0.3, -0.25) is 10.1 Å². The van der Waals surface area contributed by atoms with Gasteiger partial charge < -0.3 is 15.4 Å². The van der Waals surface area contributed by atoms with E-state index in [1.807, 2.05) is 54.6 Å². The van der Waals surface area contributed by atoms with Crippen molar-refractivity contribution in [3.05, 3.63) is 87.9 Å². The first kappa shape index (κ1) is 18.6. The number of benzene rings is 3. The van der Waals surface area contributed by atoms with Crippen molar-refractivity contribution in [1.29, 1.82) is 0 Å². The molecule has 2 N–H and O–H groups in total. The normalized spacial score (nSPS) is 10.1. The van der Waals surface area contributed by atoms with Gasteiger partial charge in [0.05, 0.1) is 4.92 Å². The zero-order chi connectivity index (χ0) is 19.2. The Bertz CT molecular complexity index is 966. The summed E-state index contributed by atoms with van der Waals surface area (Å²) in [6.07, 6.45) is 0.